The zero-order valence-electron chi connectivity index (χ0n) is 10.4. The summed E-state index contributed by atoms with van der Waals surface area (Å²) in [6, 6.07) is 7.90. The van der Waals surface area contributed by atoms with Crippen LogP contribution in [0.25, 0.3) is 0 Å². The quantitative estimate of drug-likeness (QED) is 0.882. The van der Waals surface area contributed by atoms with E-state index < -0.39 is 15.8 Å². The van der Waals surface area contributed by atoms with E-state index in [-0.39, 0.29) is 20.8 Å². The van der Waals surface area contributed by atoms with Crippen molar-refractivity contribution in [2.75, 3.05) is 4.72 Å². The van der Waals surface area contributed by atoms with Crippen molar-refractivity contribution in [1.29, 1.82) is 0 Å². The summed E-state index contributed by atoms with van der Waals surface area (Å²) in [6.45, 7) is 1.69. The molecule has 0 amide bonds. The number of phenols is 1. The molecule has 0 spiro atoms. The SMILES string of the molecule is Cc1ccc(NS(=O)(=O)c2ccc(Br)c(F)c2)cc1O. The van der Waals surface area contributed by atoms with Crippen LogP contribution in [0.5, 0.6) is 5.75 Å². The summed E-state index contributed by atoms with van der Waals surface area (Å²) in [7, 11) is -3.90. The number of aromatic hydroxyl groups is 1. The lowest BCUT2D eigenvalue weighted by molar-refractivity contribution is 0.471. The van der Waals surface area contributed by atoms with E-state index in [1.807, 2.05) is 0 Å². The first-order valence-corrected chi connectivity index (χ1v) is 7.85. The number of phenolic OH excluding ortho intramolecular Hbond substituents is 1. The van der Waals surface area contributed by atoms with Crippen molar-refractivity contribution >= 4 is 31.6 Å². The molecule has 0 fully saturated rings. The van der Waals surface area contributed by atoms with Crippen LogP contribution in [-0.4, -0.2) is 13.5 Å². The van der Waals surface area contributed by atoms with Crippen LogP contribution in [-0.2, 0) is 10.0 Å². The molecule has 2 rings (SSSR count). The summed E-state index contributed by atoms with van der Waals surface area (Å²) in [6.07, 6.45) is 0. The van der Waals surface area contributed by atoms with Gasteiger partial charge in [-0.25, -0.2) is 12.8 Å². The minimum Gasteiger partial charge on any atom is -0.508 e. The molecule has 0 aliphatic rings. The molecule has 0 aliphatic carbocycles. The minimum absolute atomic E-state index is 0.0211. The minimum atomic E-state index is -3.90. The van der Waals surface area contributed by atoms with Gasteiger partial charge in [-0.2, -0.15) is 0 Å². The highest BCUT2D eigenvalue weighted by molar-refractivity contribution is 9.10. The third-order valence-corrected chi connectivity index (χ3v) is 4.68. The molecule has 0 atom stereocenters. The zero-order valence-corrected chi connectivity index (χ0v) is 12.8. The fraction of sp³-hybridized carbons (Fsp3) is 0.0769. The lowest BCUT2D eigenvalue weighted by atomic mass is 10.2. The predicted octanol–water partition coefficient (Wildman–Crippen LogP) is 3.40. The molecule has 0 radical (unpaired) electrons. The van der Waals surface area contributed by atoms with Crippen molar-refractivity contribution in [3.63, 3.8) is 0 Å². The third kappa shape index (κ3) is 3.10. The molecule has 20 heavy (non-hydrogen) atoms. The molecule has 106 valence electrons. The number of rotatable bonds is 3. The van der Waals surface area contributed by atoms with Crippen LogP contribution in [0.3, 0.4) is 0 Å². The van der Waals surface area contributed by atoms with Crippen molar-refractivity contribution < 1.29 is 17.9 Å². The van der Waals surface area contributed by atoms with Crippen LogP contribution in [0, 0.1) is 12.7 Å². The number of hydrogen-bond donors (Lipinski definition) is 2. The van der Waals surface area contributed by atoms with Crippen LogP contribution >= 0.6 is 15.9 Å². The first kappa shape index (κ1) is 14.8. The first-order valence-electron chi connectivity index (χ1n) is 5.57. The van der Waals surface area contributed by atoms with Crippen LogP contribution in [0.1, 0.15) is 5.56 Å². The van der Waals surface area contributed by atoms with E-state index in [2.05, 4.69) is 20.7 Å². The summed E-state index contributed by atoms with van der Waals surface area (Å²) in [5.74, 6) is -0.688. The maximum Gasteiger partial charge on any atom is 0.261 e. The van der Waals surface area contributed by atoms with E-state index in [1.165, 1.54) is 24.3 Å². The Hall–Kier alpha value is -1.60. The van der Waals surface area contributed by atoms with Crippen LogP contribution in [0.2, 0.25) is 0 Å². The van der Waals surface area contributed by atoms with Gasteiger partial charge in [-0.05, 0) is 52.7 Å². The molecule has 4 nitrogen and oxygen atoms in total. The van der Waals surface area contributed by atoms with E-state index in [0.29, 0.717) is 5.56 Å². The highest BCUT2D eigenvalue weighted by atomic mass is 79.9. The molecular formula is C13H11BrFNO3S. The van der Waals surface area contributed by atoms with Crippen LogP contribution in [0.15, 0.2) is 45.8 Å². The van der Waals surface area contributed by atoms with Gasteiger partial charge in [-0.1, -0.05) is 6.07 Å². The van der Waals surface area contributed by atoms with Crippen molar-refractivity contribution in [3.05, 3.63) is 52.3 Å². The monoisotopic (exact) mass is 359 g/mol. The van der Waals surface area contributed by atoms with Crippen LogP contribution in [0.4, 0.5) is 10.1 Å². The second kappa shape index (κ2) is 5.41. The van der Waals surface area contributed by atoms with Gasteiger partial charge in [0.25, 0.3) is 10.0 Å². The maximum absolute atomic E-state index is 13.4. The van der Waals surface area contributed by atoms with Gasteiger partial charge < -0.3 is 5.11 Å². The number of benzene rings is 2. The first-order chi connectivity index (χ1) is 9.29. The molecule has 0 aliphatic heterocycles. The van der Waals surface area contributed by atoms with Crippen molar-refractivity contribution in [1.82, 2.24) is 0 Å². The molecule has 2 aromatic carbocycles. The zero-order chi connectivity index (χ0) is 14.9. The molecule has 0 unspecified atom stereocenters. The number of aryl methyl sites for hydroxylation is 1. The molecule has 2 aromatic rings. The predicted molar refractivity (Wildman–Crippen MR) is 77.8 cm³/mol. The smallest absolute Gasteiger partial charge is 0.261 e. The highest BCUT2D eigenvalue weighted by Gasteiger charge is 2.16. The maximum atomic E-state index is 13.4. The van der Waals surface area contributed by atoms with Gasteiger partial charge in [-0.15, -0.1) is 0 Å². The summed E-state index contributed by atoms with van der Waals surface area (Å²) < 4.78 is 40.0. The molecule has 2 N–H and O–H groups in total. The molecule has 7 heteroatoms. The van der Waals surface area contributed by atoms with Gasteiger partial charge in [0.2, 0.25) is 0 Å². The third-order valence-electron chi connectivity index (χ3n) is 2.66. The Morgan fingerprint density at radius 1 is 1.20 bits per heavy atom. The fourth-order valence-corrected chi connectivity index (χ4v) is 2.84. The Kier molecular flexibility index (Phi) is 4.01. The summed E-state index contributed by atoms with van der Waals surface area (Å²) in [4.78, 5) is -0.196. The molecule has 0 aromatic heterocycles. The fourth-order valence-electron chi connectivity index (χ4n) is 1.53. The lowest BCUT2D eigenvalue weighted by Gasteiger charge is -2.09. The Balaban J connectivity index is 2.35. The van der Waals surface area contributed by atoms with E-state index in [4.69, 9.17) is 0 Å². The standard InChI is InChI=1S/C13H11BrFNO3S/c1-8-2-3-9(6-13(8)17)16-20(18,19)10-4-5-11(14)12(15)7-10/h2-7,16-17H,1H3. The Labute approximate surface area is 124 Å². The topological polar surface area (TPSA) is 66.4 Å². The highest BCUT2D eigenvalue weighted by Crippen LogP contribution is 2.24. The van der Waals surface area contributed by atoms with Gasteiger partial charge in [0.05, 0.1) is 15.1 Å². The van der Waals surface area contributed by atoms with Gasteiger partial charge in [0.15, 0.2) is 0 Å². The van der Waals surface area contributed by atoms with Gasteiger partial charge >= 0.3 is 0 Å². The Morgan fingerprint density at radius 2 is 1.90 bits per heavy atom. The number of anilines is 1. The molecule has 0 saturated heterocycles. The van der Waals surface area contributed by atoms with Crippen LogP contribution < -0.4 is 4.72 Å². The number of halogens is 2. The van der Waals surface area contributed by atoms with Gasteiger partial charge in [0.1, 0.15) is 11.6 Å². The summed E-state index contributed by atoms with van der Waals surface area (Å²) >= 11 is 2.96. The molecule has 0 saturated carbocycles. The average Bonchev–Trinajstić information content (AvgIpc) is 2.37. The van der Waals surface area contributed by atoms with E-state index in [9.17, 15) is 17.9 Å². The number of sulfonamides is 1. The second-order valence-corrected chi connectivity index (χ2v) is 6.72. The molecule has 0 bridgehead atoms. The van der Waals surface area contributed by atoms with E-state index >= 15 is 0 Å². The Bertz CT molecular complexity index is 762. The molecular weight excluding hydrogens is 349 g/mol. The molecule has 0 heterocycles. The van der Waals surface area contributed by atoms with Gasteiger partial charge in [0, 0.05) is 6.07 Å². The second-order valence-electron chi connectivity index (χ2n) is 4.18. The van der Waals surface area contributed by atoms with Crippen molar-refractivity contribution in [2.45, 2.75) is 11.8 Å². The van der Waals surface area contributed by atoms with E-state index in [0.717, 1.165) is 6.07 Å². The Morgan fingerprint density at radius 3 is 2.50 bits per heavy atom. The van der Waals surface area contributed by atoms with Gasteiger partial charge in [-0.3, -0.25) is 4.72 Å². The number of nitrogens with one attached hydrogen (secondary N) is 1. The largest absolute Gasteiger partial charge is 0.508 e. The normalized spacial score (nSPS) is 11.3. The number of hydrogen-bond acceptors (Lipinski definition) is 3. The van der Waals surface area contributed by atoms with E-state index in [1.54, 1.807) is 13.0 Å². The lowest BCUT2D eigenvalue weighted by Crippen LogP contribution is -2.13. The summed E-state index contributed by atoms with van der Waals surface area (Å²) in [5, 5.41) is 9.55. The summed E-state index contributed by atoms with van der Waals surface area (Å²) in [5.41, 5.74) is 0.832. The average molecular weight is 360 g/mol. The van der Waals surface area contributed by atoms with Crippen molar-refractivity contribution in [2.24, 2.45) is 0 Å². The van der Waals surface area contributed by atoms with Crippen molar-refractivity contribution in [3.8, 4) is 5.75 Å².